The molecule has 1 saturated heterocycles. The van der Waals surface area contributed by atoms with Crippen LogP contribution < -0.4 is 4.74 Å². The highest BCUT2D eigenvalue weighted by molar-refractivity contribution is 9.13. The van der Waals surface area contributed by atoms with E-state index in [0.717, 1.165) is 51.9 Å². The maximum atomic E-state index is 13.4. The summed E-state index contributed by atoms with van der Waals surface area (Å²) in [7, 11) is 1.84. The number of carbonyl (C=O) groups is 1. The second-order valence-corrected chi connectivity index (χ2v) is 13.6. The molecule has 0 aromatic heterocycles. The molecule has 1 spiro atoms. The third kappa shape index (κ3) is 3.52. The summed E-state index contributed by atoms with van der Waals surface area (Å²) in [5.41, 5.74) is 1.52. The number of nitrogens with zero attached hydrogens (tertiary/aromatic N) is 2. The van der Waals surface area contributed by atoms with E-state index in [1.165, 1.54) is 18.4 Å². The van der Waals surface area contributed by atoms with E-state index in [-0.39, 0.29) is 23.7 Å². The standard InChI is InChI=1S/C30H32Br2N2O4/c1-33(25(36)9-5-17-4-7-20(31)21(32)14-17)22-10-11-30(37)24-15-19-6-8-23(35)27-26(19)29(30,28(22)38-27)12-13-34(24)16-18-2-3-18/h4-9,14,18,22,24,28,35,37H,2-3,10-13,15-16H2,1H3/b9-5+/t22?,24-,28?,29+,30-/m1/s1. The summed E-state index contributed by atoms with van der Waals surface area (Å²) < 4.78 is 8.51. The Morgan fingerprint density at radius 1 is 1.18 bits per heavy atom. The number of aliphatic hydroxyl groups is 1. The van der Waals surface area contributed by atoms with Gasteiger partial charge in [-0.1, -0.05) is 12.1 Å². The highest BCUT2D eigenvalue weighted by Crippen LogP contribution is 2.66. The Morgan fingerprint density at radius 3 is 2.76 bits per heavy atom. The number of amides is 1. The number of likely N-dealkylation sites (tertiary alicyclic amines) is 1. The highest BCUT2D eigenvalue weighted by Gasteiger charge is 2.73. The first-order valence-electron chi connectivity index (χ1n) is 13.6. The Bertz CT molecular complexity index is 1360. The van der Waals surface area contributed by atoms with Gasteiger partial charge in [0, 0.05) is 40.2 Å². The van der Waals surface area contributed by atoms with Crippen molar-refractivity contribution in [3.63, 3.8) is 0 Å². The molecular weight excluding hydrogens is 612 g/mol. The van der Waals surface area contributed by atoms with Crippen LogP contribution in [0.5, 0.6) is 11.5 Å². The number of benzene rings is 2. The molecule has 2 heterocycles. The Hall–Kier alpha value is -1.87. The number of ether oxygens (including phenoxy) is 1. The normalized spacial score (nSPS) is 33.2. The maximum Gasteiger partial charge on any atom is 0.246 e. The fraction of sp³-hybridized carbons (Fsp3) is 0.500. The minimum absolute atomic E-state index is 0.0312. The largest absolute Gasteiger partial charge is 0.504 e. The van der Waals surface area contributed by atoms with Crippen LogP contribution in [0, 0.1) is 5.92 Å². The lowest BCUT2D eigenvalue weighted by molar-refractivity contribution is -0.200. The molecule has 2 aromatic rings. The van der Waals surface area contributed by atoms with Gasteiger partial charge in [0.1, 0.15) is 6.10 Å². The Labute approximate surface area is 239 Å². The molecule has 3 aliphatic carbocycles. The molecule has 3 fully saturated rings. The SMILES string of the molecule is CN(C(=O)/C=C/c1ccc(Br)c(Br)c1)C1CC[C@@]2(O)[C@H]3Cc4ccc(O)c5c4[C@@]2(CCN3CC2CC2)C1O5. The van der Waals surface area contributed by atoms with Crippen molar-refractivity contribution in [1.29, 1.82) is 0 Å². The van der Waals surface area contributed by atoms with E-state index in [2.05, 4.69) is 36.8 Å². The molecule has 2 aliphatic heterocycles. The van der Waals surface area contributed by atoms with E-state index in [4.69, 9.17) is 4.74 Å². The number of carbonyl (C=O) groups excluding carboxylic acids is 1. The van der Waals surface area contributed by atoms with Crippen molar-refractivity contribution in [2.45, 2.75) is 67.7 Å². The van der Waals surface area contributed by atoms with Crippen LogP contribution in [0.3, 0.4) is 0 Å². The number of piperidine rings is 1. The van der Waals surface area contributed by atoms with Gasteiger partial charge in [0.05, 0.1) is 17.1 Å². The Morgan fingerprint density at radius 2 is 2.00 bits per heavy atom. The van der Waals surface area contributed by atoms with Crippen LogP contribution in [-0.4, -0.2) is 69.8 Å². The van der Waals surface area contributed by atoms with Crippen molar-refractivity contribution in [3.8, 4) is 11.5 Å². The second kappa shape index (κ2) is 8.82. The summed E-state index contributed by atoms with van der Waals surface area (Å²) in [4.78, 5) is 17.7. The molecule has 2 N–H and O–H groups in total. The highest BCUT2D eigenvalue weighted by atomic mass is 79.9. The molecular formula is C30H32Br2N2O4. The molecule has 8 heteroatoms. The van der Waals surface area contributed by atoms with Crippen molar-refractivity contribution in [1.82, 2.24) is 9.80 Å². The van der Waals surface area contributed by atoms with Gasteiger partial charge in [0.2, 0.25) is 5.91 Å². The molecule has 200 valence electrons. The summed E-state index contributed by atoms with van der Waals surface area (Å²) in [6.45, 7) is 1.95. The Kier molecular flexibility index (Phi) is 5.83. The number of halogens is 2. The summed E-state index contributed by atoms with van der Waals surface area (Å²) in [6, 6.07) is 9.44. The number of aromatic hydroxyl groups is 1. The molecule has 5 atom stereocenters. The second-order valence-electron chi connectivity index (χ2n) is 11.9. The van der Waals surface area contributed by atoms with Gasteiger partial charge in [-0.15, -0.1) is 0 Å². The Balaban J connectivity index is 1.23. The summed E-state index contributed by atoms with van der Waals surface area (Å²) in [5, 5.41) is 23.5. The number of rotatable bonds is 5. The van der Waals surface area contributed by atoms with Crippen molar-refractivity contribution < 1.29 is 19.7 Å². The number of likely N-dealkylation sites (N-methyl/N-ethyl adjacent to an activating group) is 1. The van der Waals surface area contributed by atoms with Crippen molar-refractivity contribution in [3.05, 3.63) is 62.0 Å². The fourth-order valence-electron chi connectivity index (χ4n) is 7.92. The van der Waals surface area contributed by atoms with Crippen molar-refractivity contribution in [2.24, 2.45) is 5.92 Å². The van der Waals surface area contributed by atoms with Crippen LogP contribution in [0.2, 0.25) is 0 Å². The van der Waals surface area contributed by atoms with E-state index in [0.29, 0.717) is 18.6 Å². The molecule has 2 aromatic carbocycles. The molecule has 0 radical (unpaired) electrons. The van der Waals surface area contributed by atoms with E-state index in [1.807, 2.05) is 37.4 Å². The van der Waals surface area contributed by atoms with Gasteiger partial charge >= 0.3 is 0 Å². The lowest BCUT2D eigenvalue weighted by Gasteiger charge is -2.64. The molecule has 1 amide bonds. The van der Waals surface area contributed by atoms with Gasteiger partial charge in [-0.25, -0.2) is 0 Å². The third-order valence-corrected chi connectivity index (χ3v) is 11.8. The number of phenols is 1. The molecule has 38 heavy (non-hydrogen) atoms. The first kappa shape index (κ1) is 25.1. The first-order chi connectivity index (χ1) is 18.2. The minimum atomic E-state index is -0.948. The van der Waals surface area contributed by atoms with Crippen LogP contribution >= 0.6 is 31.9 Å². The van der Waals surface area contributed by atoms with Crippen molar-refractivity contribution in [2.75, 3.05) is 20.1 Å². The lowest BCUT2D eigenvalue weighted by Crippen LogP contribution is -2.78. The third-order valence-electron chi connectivity index (χ3n) is 9.94. The maximum absolute atomic E-state index is 13.4. The monoisotopic (exact) mass is 642 g/mol. The van der Waals surface area contributed by atoms with Crippen LogP contribution in [0.25, 0.3) is 6.08 Å². The van der Waals surface area contributed by atoms with Crippen molar-refractivity contribution >= 4 is 43.8 Å². The van der Waals surface area contributed by atoms with E-state index in [1.54, 1.807) is 17.0 Å². The van der Waals surface area contributed by atoms with Gasteiger partial charge in [-0.3, -0.25) is 9.69 Å². The molecule has 6 nitrogen and oxygen atoms in total. The van der Waals surface area contributed by atoms with E-state index < -0.39 is 17.1 Å². The predicted octanol–water partition coefficient (Wildman–Crippen LogP) is 5.02. The minimum Gasteiger partial charge on any atom is -0.504 e. The smallest absolute Gasteiger partial charge is 0.246 e. The lowest BCUT2D eigenvalue weighted by atomic mass is 9.48. The molecule has 2 unspecified atom stereocenters. The topological polar surface area (TPSA) is 73.2 Å². The fourth-order valence-corrected chi connectivity index (χ4v) is 8.56. The molecule has 2 saturated carbocycles. The zero-order valence-electron chi connectivity index (χ0n) is 21.4. The van der Waals surface area contributed by atoms with Gasteiger partial charge in [-0.05, 0) is 118 Å². The van der Waals surface area contributed by atoms with Gasteiger partial charge in [0.25, 0.3) is 0 Å². The van der Waals surface area contributed by atoms with Crippen LogP contribution in [0.15, 0.2) is 45.4 Å². The van der Waals surface area contributed by atoms with Crippen LogP contribution in [0.4, 0.5) is 0 Å². The molecule has 7 rings (SSSR count). The summed E-state index contributed by atoms with van der Waals surface area (Å²) >= 11 is 7.01. The number of phenolic OH excluding ortho intramolecular Hbond substituents is 1. The molecule has 5 aliphatic rings. The zero-order chi connectivity index (χ0) is 26.4. The summed E-state index contributed by atoms with van der Waals surface area (Å²) in [5.74, 6) is 1.29. The van der Waals surface area contributed by atoms with Crippen LogP contribution in [-0.2, 0) is 16.6 Å². The quantitative estimate of drug-likeness (QED) is 0.448. The predicted molar refractivity (Wildman–Crippen MR) is 152 cm³/mol. The van der Waals surface area contributed by atoms with Gasteiger partial charge in [-0.2, -0.15) is 0 Å². The first-order valence-corrected chi connectivity index (χ1v) is 15.2. The number of hydrogen-bond donors (Lipinski definition) is 2. The molecule has 2 bridgehead atoms. The number of hydrogen-bond acceptors (Lipinski definition) is 5. The average molecular weight is 644 g/mol. The van der Waals surface area contributed by atoms with E-state index in [9.17, 15) is 15.0 Å². The van der Waals surface area contributed by atoms with Gasteiger partial charge in [0.15, 0.2) is 11.5 Å². The zero-order valence-corrected chi connectivity index (χ0v) is 24.5. The van der Waals surface area contributed by atoms with Gasteiger partial charge < -0.3 is 19.8 Å². The van der Waals surface area contributed by atoms with E-state index >= 15 is 0 Å². The summed E-state index contributed by atoms with van der Waals surface area (Å²) in [6.07, 6.45) is 8.41. The van der Waals surface area contributed by atoms with Crippen LogP contribution in [0.1, 0.15) is 48.8 Å². The average Bonchev–Trinajstić information content (AvgIpc) is 3.64.